The molecule has 2 rings (SSSR count). The standard InChI is InChI=1S/C12H13ClN2O2/c13-11-4-2-1-3-10(11)12-14-5-6-15(12)7-9(17)8-16/h1-6,9,16-17H,7-8H2. The van der Waals surface area contributed by atoms with Crippen molar-refractivity contribution in [1.29, 1.82) is 0 Å². The fourth-order valence-electron chi connectivity index (χ4n) is 1.63. The summed E-state index contributed by atoms with van der Waals surface area (Å²) in [5, 5.41) is 18.9. The molecule has 1 heterocycles. The molecule has 1 aromatic carbocycles. The minimum absolute atomic E-state index is 0.278. The van der Waals surface area contributed by atoms with Gasteiger partial charge in [0.25, 0.3) is 0 Å². The summed E-state index contributed by atoms with van der Waals surface area (Å²) in [4.78, 5) is 4.22. The van der Waals surface area contributed by atoms with Gasteiger partial charge in [0.05, 0.1) is 24.3 Å². The van der Waals surface area contributed by atoms with Crippen LogP contribution in [0.2, 0.25) is 5.02 Å². The zero-order valence-electron chi connectivity index (χ0n) is 9.12. The largest absolute Gasteiger partial charge is 0.394 e. The summed E-state index contributed by atoms with van der Waals surface area (Å²) in [6.45, 7) is 0.0111. The van der Waals surface area contributed by atoms with Gasteiger partial charge in [0.15, 0.2) is 0 Å². The monoisotopic (exact) mass is 252 g/mol. The quantitative estimate of drug-likeness (QED) is 0.868. The SMILES string of the molecule is OCC(O)Cn1ccnc1-c1ccccc1Cl. The van der Waals surface area contributed by atoms with Gasteiger partial charge in [-0.25, -0.2) is 4.98 Å². The zero-order valence-corrected chi connectivity index (χ0v) is 9.88. The molecule has 2 aromatic rings. The van der Waals surface area contributed by atoms with Crippen LogP contribution in [0.25, 0.3) is 11.4 Å². The van der Waals surface area contributed by atoms with Crippen LogP contribution < -0.4 is 0 Å². The summed E-state index contributed by atoms with van der Waals surface area (Å²) in [6.07, 6.45) is 2.59. The molecule has 0 radical (unpaired) electrons. The molecule has 0 saturated carbocycles. The number of rotatable bonds is 4. The number of nitrogens with zero attached hydrogens (tertiary/aromatic N) is 2. The lowest BCUT2D eigenvalue weighted by molar-refractivity contribution is 0.0816. The van der Waals surface area contributed by atoms with E-state index in [1.54, 1.807) is 23.0 Å². The normalized spacial score (nSPS) is 12.6. The van der Waals surface area contributed by atoms with Gasteiger partial charge in [0.1, 0.15) is 5.82 Å². The van der Waals surface area contributed by atoms with E-state index in [-0.39, 0.29) is 13.2 Å². The maximum Gasteiger partial charge on any atom is 0.141 e. The number of aliphatic hydroxyl groups is 2. The van der Waals surface area contributed by atoms with E-state index in [1.165, 1.54) is 0 Å². The van der Waals surface area contributed by atoms with Crippen LogP contribution in [0.4, 0.5) is 0 Å². The minimum atomic E-state index is -0.801. The van der Waals surface area contributed by atoms with Crippen molar-refractivity contribution in [1.82, 2.24) is 9.55 Å². The Balaban J connectivity index is 2.34. The van der Waals surface area contributed by atoms with Crippen LogP contribution in [0.5, 0.6) is 0 Å². The predicted molar refractivity (Wildman–Crippen MR) is 65.8 cm³/mol. The molecule has 0 spiro atoms. The Kier molecular flexibility index (Phi) is 3.78. The molecular weight excluding hydrogens is 240 g/mol. The maximum absolute atomic E-state index is 9.44. The number of imidazole rings is 1. The number of aromatic nitrogens is 2. The van der Waals surface area contributed by atoms with Crippen molar-refractivity contribution in [3.63, 3.8) is 0 Å². The highest BCUT2D eigenvalue weighted by Gasteiger charge is 2.11. The second kappa shape index (κ2) is 5.31. The molecule has 0 aliphatic rings. The first kappa shape index (κ1) is 12.1. The van der Waals surface area contributed by atoms with Crippen molar-refractivity contribution in [2.45, 2.75) is 12.6 Å². The molecule has 17 heavy (non-hydrogen) atoms. The number of halogens is 1. The maximum atomic E-state index is 9.44. The van der Waals surface area contributed by atoms with E-state index in [1.807, 2.05) is 18.2 Å². The van der Waals surface area contributed by atoms with Crippen molar-refractivity contribution in [3.05, 3.63) is 41.7 Å². The van der Waals surface area contributed by atoms with Gasteiger partial charge >= 0.3 is 0 Å². The van der Waals surface area contributed by atoms with Crippen molar-refractivity contribution < 1.29 is 10.2 Å². The van der Waals surface area contributed by atoms with E-state index in [0.29, 0.717) is 10.8 Å². The third-order valence-electron chi connectivity index (χ3n) is 2.45. The van der Waals surface area contributed by atoms with E-state index in [4.69, 9.17) is 16.7 Å². The summed E-state index contributed by atoms with van der Waals surface area (Å²) >= 11 is 6.09. The molecular formula is C12H13ClN2O2. The third kappa shape index (κ3) is 2.66. The summed E-state index contributed by atoms with van der Waals surface area (Å²) in [6, 6.07) is 7.38. The summed E-state index contributed by atoms with van der Waals surface area (Å²) in [5.74, 6) is 0.683. The second-order valence-electron chi connectivity index (χ2n) is 3.72. The Morgan fingerprint density at radius 1 is 1.35 bits per heavy atom. The molecule has 1 aromatic heterocycles. The van der Waals surface area contributed by atoms with Crippen LogP contribution in [0.15, 0.2) is 36.7 Å². The molecule has 1 atom stereocenters. The Morgan fingerprint density at radius 2 is 2.12 bits per heavy atom. The summed E-state index contributed by atoms with van der Waals surface area (Å²) in [5.41, 5.74) is 0.810. The molecule has 4 nitrogen and oxygen atoms in total. The fourth-order valence-corrected chi connectivity index (χ4v) is 1.85. The van der Waals surface area contributed by atoms with Crippen molar-refractivity contribution in [2.24, 2.45) is 0 Å². The first-order chi connectivity index (χ1) is 8.22. The number of hydrogen-bond donors (Lipinski definition) is 2. The Hall–Kier alpha value is -1.36. The molecule has 0 bridgehead atoms. The second-order valence-corrected chi connectivity index (χ2v) is 4.13. The number of benzene rings is 1. The van der Waals surface area contributed by atoms with Gasteiger partial charge < -0.3 is 14.8 Å². The van der Waals surface area contributed by atoms with E-state index < -0.39 is 6.10 Å². The molecule has 0 aliphatic heterocycles. The van der Waals surface area contributed by atoms with Crippen LogP contribution >= 0.6 is 11.6 Å². The first-order valence-electron chi connectivity index (χ1n) is 5.27. The van der Waals surface area contributed by atoms with Gasteiger partial charge in [0.2, 0.25) is 0 Å². The molecule has 0 saturated heterocycles. The van der Waals surface area contributed by atoms with Gasteiger partial charge in [-0.2, -0.15) is 0 Å². The van der Waals surface area contributed by atoms with Gasteiger partial charge in [-0.3, -0.25) is 0 Å². The number of aliphatic hydroxyl groups excluding tert-OH is 2. The van der Waals surface area contributed by atoms with Crippen LogP contribution in [-0.4, -0.2) is 32.5 Å². The lowest BCUT2D eigenvalue weighted by Gasteiger charge is -2.12. The average molecular weight is 253 g/mol. The van der Waals surface area contributed by atoms with Crippen LogP contribution in [0.1, 0.15) is 0 Å². The fraction of sp³-hybridized carbons (Fsp3) is 0.250. The molecule has 0 fully saturated rings. The van der Waals surface area contributed by atoms with Gasteiger partial charge in [0, 0.05) is 18.0 Å². The number of hydrogen-bond acceptors (Lipinski definition) is 3. The Morgan fingerprint density at radius 3 is 2.82 bits per heavy atom. The van der Waals surface area contributed by atoms with E-state index in [0.717, 1.165) is 5.56 Å². The van der Waals surface area contributed by atoms with Crippen molar-refractivity contribution >= 4 is 11.6 Å². The Bertz CT molecular complexity index is 499. The highest BCUT2D eigenvalue weighted by molar-refractivity contribution is 6.33. The van der Waals surface area contributed by atoms with E-state index in [9.17, 15) is 5.11 Å². The van der Waals surface area contributed by atoms with Crippen LogP contribution in [-0.2, 0) is 6.54 Å². The molecule has 2 N–H and O–H groups in total. The average Bonchev–Trinajstić information content (AvgIpc) is 2.77. The topological polar surface area (TPSA) is 58.3 Å². The Labute approximate surface area is 104 Å². The molecule has 0 amide bonds. The van der Waals surface area contributed by atoms with Crippen LogP contribution in [0.3, 0.4) is 0 Å². The van der Waals surface area contributed by atoms with Crippen molar-refractivity contribution in [2.75, 3.05) is 6.61 Å². The molecule has 1 unspecified atom stereocenters. The third-order valence-corrected chi connectivity index (χ3v) is 2.78. The van der Waals surface area contributed by atoms with E-state index in [2.05, 4.69) is 4.98 Å². The highest BCUT2D eigenvalue weighted by atomic mass is 35.5. The van der Waals surface area contributed by atoms with Gasteiger partial charge in [-0.05, 0) is 12.1 Å². The zero-order chi connectivity index (χ0) is 12.3. The molecule has 0 aliphatic carbocycles. The smallest absolute Gasteiger partial charge is 0.141 e. The molecule has 5 heteroatoms. The van der Waals surface area contributed by atoms with E-state index >= 15 is 0 Å². The molecule has 90 valence electrons. The summed E-state index contributed by atoms with van der Waals surface area (Å²) in [7, 11) is 0. The minimum Gasteiger partial charge on any atom is -0.394 e. The lowest BCUT2D eigenvalue weighted by atomic mass is 10.2. The predicted octanol–water partition coefficient (Wildman–Crippen LogP) is 1.56. The van der Waals surface area contributed by atoms with Crippen LogP contribution in [0, 0.1) is 0 Å². The van der Waals surface area contributed by atoms with Gasteiger partial charge in [-0.15, -0.1) is 0 Å². The highest BCUT2D eigenvalue weighted by Crippen LogP contribution is 2.26. The first-order valence-corrected chi connectivity index (χ1v) is 5.65. The van der Waals surface area contributed by atoms with Crippen molar-refractivity contribution in [3.8, 4) is 11.4 Å². The lowest BCUT2D eigenvalue weighted by Crippen LogP contribution is -2.19. The van der Waals surface area contributed by atoms with Gasteiger partial charge in [-0.1, -0.05) is 23.7 Å². The summed E-state index contributed by atoms with van der Waals surface area (Å²) < 4.78 is 1.77.